The van der Waals surface area contributed by atoms with E-state index >= 15 is 0 Å². The predicted molar refractivity (Wildman–Crippen MR) is 192 cm³/mol. The molecule has 0 aromatic rings. The molecule has 0 rings (SSSR count). The van der Waals surface area contributed by atoms with Crippen molar-refractivity contribution in [3.8, 4) is 0 Å². The van der Waals surface area contributed by atoms with Crippen molar-refractivity contribution in [3.63, 3.8) is 0 Å². The zero-order valence-corrected chi connectivity index (χ0v) is 34.3. The monoisotopic (exact) mass is 750 g/mol. The van der Waals surface area contributed by atoms with Gasteiger partial charge in [0.15, 0.2) is 17.0 Å². The number of hydrogen-bond donors (Lipinski definition) is 4. The second-order valence-corrected chi connectivity index (χ2v) is 17.5. The average Bonchev–Trinajstić information content (AvgIpc) is 3.00. The van der Waals surface area contributed by atoms with Crippen molar-refractivity contribution >= 4 is 23.4 Å². The lowest BCUT2D eigenvalue weighted by molar-refractivity contribution is -0.535. The van der Waals surface area contributed by atoms with Crippen molar-refractivity contribution in [1.82, 2.24) is 10.9 Å². The topological polar surface area (TPSA) is 218 Å². The van der Waals surface area contributed by atoms with E-state index in [1.54, 1.807) is 83.1 Å². The molecule has 0 aliphatic heterocycles. The minimum absolute atomic E-state index is 0.211. The van der Waals surface area contributed by atoms with Crippen molar-refractivity contribution in [3.05, 3.63) is 0 Å². The summed E-state index contributed by atoms with van der Waals surface area (Å²) in [4.78, 5) is 99.2. The maximum absolute atomic E-state index is 14.6. The van der Waals surface area contributed by atoms with Gasteiger partial charge in [-0.1, -0.05) is 38.5 Å². The first kappa shape index (κ1) is 49.9. The van der Waals surface area contributed by atoms with Gasteiger partial charge in [0.25, 0.3) is 5.91 Å². The van der Waals surface area contributed by atoms with Gasteiger partial charge in [-0.3, -0.25) is 30.0 Å². The summed E-state index contributed by atoms with van der Waals surface area (Å²) in [6, 6.07) is 0. The molecule has 0 fully saturated rings. The van der Waals surface area contributed by atoms with Crippen LogP contribution in [0, 0.1) is 5.41 Å². The van der Waals surface area contributed by atoms with Crippen LogP contribution in [0.15, 0.2) is 0 Å². The van der Waals surface area contributed by atoms with E-state index in [1.807, 2.05) is 5.43 Å². The van der Waals surface area contributed by atoms with E-state index in [9.17, 15) is 19.2 Å². The molecule has 6 N–H and O–H groups in total. The number of amides is 2. The molecule has 0 saturated heterocycles. The first-order chi connectivity index (χ1) is 23.5. The van der Waals surface area contributed by atoms with Gasteiger partial charge in [0, 0.05) is 6.42 Å². The Hall–Kier alpha value is -2.12. The highest BCUT2D eigenvalue weighted by molar-refractivity contribution is 6.23. The van der Waals surface area contributed by atoms with E-state index in [0.29, 0.717) is 25.7 Å². The third-order valence-electron chi connectivity index (χ3n) is 6.92. The molecule has 0 aliphatic carbocycles. The highest BCUT2D eigenvalue weighted by Crippen LogP contribution is 2.38. The van der Waals surface area contributed by atoms with Crippen molar-refractivity contribution in [2.45, 2.75) is 202 Å². The summed E-state index contributed by atoms with van der Waals surface area (Å²) >= 11 is 0. The van der Waals surface area contributed by atoms with Crippen LogP contribution in [0.1, 0.15) is 168 Å². The summed E-state index contributed by atoms with van der Waals surface area (Å²) in [7, 11) is 0. The largest absolute Gasteiger partial charge is 0.298 e. The summed E-state index contributed by atoms with van der Waals surface area (Å²) in [5, 5.41) is 0. The Kier molecular flexibility index (Phi) is 20.2. The Labute approximate surface area is 311 Å². The van der Waals surface area contributed by atoms with Crippen LogP contribution in [-0.2, 0) is 58.3 Å². The molecule has 0 unspecified atom stereocenters. The molecule has 0 aliphatic rings. The van der Waals surface area contributed by atoms with Crippen molar-refractivity contribution in [1.29, 1.82) is 0 Å². The number of nitrogens with one attached hydrogen (secondary N) is 2. The van der Waals surface area contributed by atoms with Gasteiger partial charge in [0.05, 0.1) is 35.2 Å². The van der Waals surface area contributed by atoms with E-state index < -0.39 is 69.7 Å². The Morgan fingerprint density at radius 2 is 0.750 bits per heavy atom. The number of carbonyl (C=O) groups is 4. The standard InChI is InChI=1S/C36H70N4O12/c1-30(2,3)45-49-34(13,50-46-31(4,5)6)24-26(41)36(29(44)40-38,23-21-19-17-15-16-18-20-22-28(43)39-37)27(42)25-35(14,51-47-32(7,8)9)52-48-33(10,11)12/h15-25,37-38H2,1-14H3,(H,39,43)(H,40,44). The molecule has 0 aromatic heterocycles. The average molecular weight is 751 g/mol. The van der Waals surface area contributed by atoms with E-state index in [-0.39, 0.29) is 12.3 Å². The number of unbranched alkanes of at least 4 members (excludes halogenated alkanes) is 6. The fourth-order valence-electron chi connectivity index (χ4n) is 4.44. The summed E-state index contributed by atoms with van der Waals surface area (Å²) in [6.07, 6.45) is 3.68. The van der Waals surface area contributed by atoms with Crippen molar-refractivity contribution in [2.75, 3.05) is 0 Å². The van der Waals surface area contributed by atoms with Crippen LogP contribution >= 0.6 is 0 Å². The minimum Gasteiger partial charge on any atom is -0.298 e. The first-order valence-electron chi connectivity index (χ1n) is 18.1. The van der Waals surface area contributed by atoms with Crippen LogP contribution in [0.5, 0.6) is 0 Å². The van der Waals surface area contributed by atoms with E-state index in [2.05, 4.69) is 5.43 Å². The smallest absolute Gasteiger partial charge is 0.255 e. The van der Waals surface area contributed by atoms with Gasteiger partial charge in [0.1, 0.15) is 0 Å². The zero-order chi connectivity index (χ0) is 40.7. The number of carbonyl (C=O) groups excluding carboxylic acids is 4. The first-order valence-corrected chi connectivity index (χ1v) is 18.1. The number of Topliss-reactive ketones (excluding diaryl/α,β-unsaturated/α-hetero) is 2. The molecular weight excluding hydrogens is 680 g/mol. The summed E-state index contributed by atoms with van der Waals surface area (Å²) in [5.41, 5.74) is -1.52. The molecule has 0 heterocycles. The molecular formula is C36H70N4O12. The second-order valence-electron chi connectivity index (χ2n) is 17.5. The Morgan fingerprint density at radius 1 is 0.442 bits per heavy atom. The van der Waals surface area contributed by atoms with Gasteiger partial charge in [0.2, 0.25) is 17.5 Å². The van der Waals surface area contributed by atoms with Gasteiger partial charge in [-0.25, -0.2) is 31.2 Å². The number of ketones is 2. The number of nitrogens with two attached hydrogens (primary N) is 2. The molecule has 2 amide bonds. The normalized spacial score (nSPS) is 13.6. The van der Waals surface area contributed by atoms with Gasteiger partial charge in [-0.15, -0.1) is 0 Å². The second kappa shape index (κ2) is 21.1. The van der Waals surface area contributed by atoms with Crippen LogP contribution in [0.3, 0.4) is 0 Å². The molecule has 0 aromatic carbocycles. The fourth-order valence-corrected chi connectivity index (χ4v) is 4.44. The molecule has 52 heavy (non-hydrogen) atoms. The van der Waals surface area contributed by atoms with Gasteiger partial charge in [-0.05, 0) is 110 Å². The Bertz CT molecular complexity index is 1020. The Morgan fingerprint density at radius 3 is 1.04 bits per heavy atom. The number of rotatable bonds is 25. The minimum atomic E-state index is -2.36. The Balaban J connectivity index is 6.71. The number of hydrazine groups is 2. The lowest BCUT2D eigenvalue weighted by atomic mass is 9.70. The molecule has 306 valence electrons. The summed E-state index contributed by atoms with van der Waals surface area (Å²) in [5.74, 6) is 4.01. The molecule has 0 radical (unpaired) electrons. The van der Waals surface area contributed by atoms with E-state index in [1.165, 1.54) is 13.8 Å². The zero-order valence-electron chi connectivity index (χ0n) is 34.3. The predicted octanol–water partition coefficient (Wildman–Crippen LogP) is 5.80. The van der Waals surface area contributed by atoms with Gasteiger partial charge in [-0.2, -0.15) is 19.6 Å². The maximum Gasteiger partial charge on any atom is 0.255 e. The van der Waals surface area contributed by atoms with Crippen LogP contribution in [0.2, 0.25) is 0 Å². The van der Waals surface area contributed by atoms with Gasteiger partial charge >= 0.3 is 0 Å². The quantitative estimate of drug-likeness (QED) is 0.0165. The molecule has 16 nitrogen and oxygen atoms in total. The lowest BCUT2D eigenvalue weighted by Crippen LogP contribution is -2.57. The maximum atomic E-state index is 14.6. The SMILES string of the molecule is CC(C)(C)OOC(C)(CC(=O)C(CCCCCCCCCC(=O)NN)(C(=O)CC(C)(OOC(C)(C)C)OOC(C)(C)C)C(=O)NN)OOC(C)(C)C. The van der Waals surface area contributed by atoms with Crippen molar-refractivity contribution < 1.29 is 58.3 Å². The molecule has 16 heteroatoms. The third kappa shape index (κ3) is 20.9. The lowest BCUT2D eigenvalue weighted by Gasteiger charge is -2.37. The van der Waals surface area contributed by atoms with E-state index in [4.69, 9.17) is 50.8 Å². The number of hydrogen-bond acceptors (Lipinski definition) is 14. The van der Waals surface area contributed by atoms with Crippen LogP contribution in [0.4, 0.5) is 0 Å². The molecule has 0 atom stereocenters. The molecule has 0 saturated carbocycles. The van der Waals surface area contributed by atoms with Gasteiger partial charge < -0.3 is 0 Å². The highest BCUT2D eigenvalue weighted by Gasteiger charge is 2.56. The van der Waals surface area contributed by atoms with Crippen LogP contribution < -0.4 is 22.5 Å². The molecule has 0 bridgehead atoms. The molecule has 0 spiro atoms. The van der Waals surface area contributed by atoms with E-state index in [0.717, 1.165) is 25.7 Å². The highest BCUT2D eigenvalue weighted by atomic mass is 17.3. The third-order valence-corrected chi connectivity index (χ3v) is 6.92. The van der Waals surface area contributed by atoms with Crippen LogP contribution in [0.25, 0.3) is 0 Å². The van der Waals surface area contributed by atoms with Crippen LogP contribution in [-0.4, -0.2) is 57.4 Å². The summed E-state index contributed by atoms with van der Waals surface area (Å²) in [6.45, 7) is 23.6. The summed E-state index contributed by atoms with van der Waals surface area (Å²) < 4.78 is 0. The fraction of sp³-hybridized carbons (Fsp3) is 0.889. The van der Waals surface area contributed by atoms with Crippen molar-refractivity contribution in [2.24, 2.45) is 17.1 Å².